The first-order chi connectivity index (χ1) is 13.0. The highest BCUT2D eigenvalue weighted by atomic mass is 35.5. The summed E-state index contributed by atoms with van der Waals surface area (Å²) < 4.78 is 0. The zero-order valence-electron chi connectivity index (χ0n) is 16.4. The molecule has 5 nitrogen and oxygen atoms in total. The highest BCUT2D eigenvalue weighted by molar-refractivity contribution is 6.30. The first-order valence-corrected chi connectivity index (χ1v) is 10.4. The fourth-order valence-corrected chi connectivity index (χ4v) is 4.68. The Morgan fingerprint density at radius 3 is 2.56 bits per heavy atom. The number of carbonyl (C=O) groups is 1. The summed E-state index contributed by atoms with van der Waals surface area (Å²) in [6.07, 6.45) is 4.83. The molecule has 0 unspecified atom stereocenters. The van der Waals surface area contributed by atoms with Crippen LogP contribution in [0, 0.1) is 11.3 Å². The number of hydrogen-bond donors (Lipinski definition) is 1. The summed E-state index contributed by atoms with van der Waals surface area (Å²) in [5.41, 5.74) is 0.536. The number of quaternary nitrogens is 1. The van der Waals surface area contributed by atoms with Gasteiger partial charge in [-0.25, -0.2) is 0 Å². The first kappa shape index (κ1) is 20.0. The molecular formula is C21H30ClN4O+. The van der Waals surface area contributed by atoms with Gasteiger partial charge in [0.25, 0.3) is 5.91 Å². The number of carbonyl (C=O) groups excluding carboxylic acids is 1. The molecule has 1 atom stereocenters. The van der Waals surface area contributed by atoms with Crippen molar-refractivity contribution in [3.8, 4) is 6.07 Å². The minimum atomic E-state index is -0.606. The Labute approximate surface area is 167 Å². The summed E-state index contributed by atoms with van der Waals surface area (Å²) in [6.45, 7) is 5.64. The van der Waals surface area contributed by atoms with Crippen molar-refractivity contribution in [2.45, 2.75) is 50.6 Å². The van der Waals surface area contributed by atoms with E-state index in [2.05, 4.69) is 17.0 Å². The van der Waals surface area contributed by atoms with Crippen LogP contribution >= 0.6 is 11.6 Å². The van der Waals surface area contributed by atoms with E-state index >= 15 is 0 Å². The molecule has 1 saturated carbocycles. The van der Waals surface area contributed by atoms with Gasteiger partial charge in [-0.1, -0.05) is 36.9 Å². The molecule has 1 aliphatic carbocycles. The van der Waals surface area contributed by atoms with Crippen LogP contribution in [-0.4, -0.2) is 55.6 Å². The predicted molar refractivity (Wildman–Crippen MR) is 108 cm³/mol. The molecule has 0 radical (unpaired) electrons. The van der Waals surface area contributed by atoms with E-state index in [1.165, 1.54) is 4.90 Å². The van der Waals surface area contributed by atoms with Crippen molar-refractivity contribution in [2.75, 3.05) is 38.1 Å². The van der Waals surface area contributed by atoms with E-state index in [0.29, 0.717) is 0 Å². The lowest BCUT2D eigenvalue weighted by Gasteiger charge is -2.42. The van der Waals surface area contributed by atoms with Crippen LogP contribution in [0.25, 0.3) is 0 Å². The summed E-state index contributed by atoms with van der Waals surface area (Å²) in [6, 6.07) is 10.3. The first-order valence-electron chi connectivity index (χ1n) is 10.0. The van der Waals surface area contributed by atoms with Crippen LogP contribution in [-0.2, 0) is 4.79 Å². The molecule has 1 aromatic rings. The number of benzene rings is 1. The molecule has 0 spiro atoms. The maximum atomic E-state index is 13.1. The van der Waals surface area contributed by atoms with Gasteiger partial charge in [0.15, 0.2) is 6.04 Å². The zero-order valence-corrected chi connectivity index (χ0v) is 17.1. The highest BCUT2D eigenvalue weighted by Gasteiger charge is 2.42. The van der Waals surface area contributed by atoms with Gasteiger partial charge in [0.1, 0.15) is 5.54 Å². The Hall–Kier alpha value is -1.77. The average Bonchev–Trinajstić information content (AvgIpc) is 2.72. The van der Waals surface area contributed by atoms with Crippen molar-refractivity contribution in [1.82, 2.24) is 4.90 Å². The number of hydrogen-bond acceptors (Lipinski definition) is 3. The average molecular weight is 390 g/mol. The monoisotopic (exact) mass is 389 g/mol. The van der Waals surface area contributed by atoms with E-state index in [4.69, 9.17) is 11.6 Å². The number of halogens is 1. The zero-order chi connectivity index (χ0) is 19.4. The van der Waals surface area contributed by atoms with E-state index in [-0.39, 0.29) is 11.9 Å². The second-order valence-electron chi connectivity index (χ2n) is 7.95. The van der Waals surface area contributed by atoms with E-state index in [9.17, 15) is 10.1 Å². The molecule has 2 aliphatic rings. The molecule has 1 aliphatic heterocycles. The maximum Gasteiger partial charge on any atom is 0.281 e. The lowest BCUT2D eigenvalue weighted by Crippen LogP contribution is -3.19. The third-order valence-corrected chi connectivity index (χ3v) is 6.66. The standard InChI is InChI=1S/C21H29ClN4O/c1-17(20(27)24(2)21(16-23)9-4-3-5-10-21)25-11-13-26(14-12-25)19-8-6-7-18(22)15-19/h6-8,15,17H,3-5,9-14H2,1-2H3/p+1/t17-/m0/s1. The summed E-state index contributed by atoms with van der Waals surface area (Å²) >= 11 is 6.11. The van der Waals surface area contributed by atoms with Gasteiger partial charge >= 0.3 is 0 Å². The molecule has 1 N–H and O–H groups in total. The third kappa shape index (κ3) is 4.23. The normalized spacial score (nSPS) is 21.3. The molecule has 1 saturated heterocycles. The number of rotatable bonds is 4. The maximum absolute atomic E-state index is 13.1. The van der Waals surface area contributed by atoms with Crippen LogP contribution in [0.4, 0.5) is 5.69 Å². The van der Waals surface area contributed by atoms with E-state index in [1.807, 2.05) is 32.2 Å². The topological polar surface area (TPSA) is 51.8 Å². The number of anilines is 1. The molecule has 1 heterocycles. The molecule has 146 valence electrons. The van der Waals surface area contributed by atoms with Crippen molar-refractivity contribution in [3.63, 3.8) is 0 Å². The van der Waals surface area contributed by atoms with Crippen LogP contribution in [0.1, 0.15) is 39.0 Å². The third-order valence-electron chi connectivity index (χ3n) is 6.42. The Balaban J connectivity index is 1.60. The minimum absolute atomic E-state index is 0.102. The quantitative estimate of drug-likeness (QED) is 0.858. The summed E-state index contributed by atoms with van der Waals surface area (Å²) in [5, 5.41) is 10.5. The van der Waals surface area contributed by atoms with Crippen molar-refractivity contribution in [2.24, 2.45) is 0 Å². The number of nitrogens with one attached hydrogen (secondary N) is 1. The Kier molecular flexibility index (Phi) is 6.29. The summed E-state index contributed by atoms with van der Waals surface area (Å²) in [5.74, 6) is 0.102. The fraction of sp³-hybridized carbons (Fsp3) is 0.619. The van der Waals surface area contributed by atoms with Gasteiger partial charge in [-0.05, 0) is 38.0 Å². The molecule has 6 heteroatoms. The SMILES string of the molecule is C[C@@H](C(=O)N(C)C1(C#N)CCCCC1)[NH+]1CCN(c2cccc(Cl)c2)CC1. The number of amides is 1. The van der Waals surface area contributed by atoms with E-state index in [1.54, 1.807) is 4.90 Å². The predicted octanol–water partition coefficient (Wildman–Crippen LogP) is 2.12. The second-order valence-corrected chi connectivity index (χ2v) is 8.38. The van der Waals surface area contributed by atoms with Crippen LogP contribution in [0.15, 0.2) is 24.3 Å². The van der Waals surface area contributed by atoms with E-state index < -0.39 is 5.54 Å². The largest absolute Gasteiger partial charge is 0.360 e. The number of likely N-dealkylation sites (N-methyl/N-ethyl adjacent to an activating group) is 1. The van der Waals surface area contributed by atoms with Crippen LogP contribution < -0.4 is 9.80 Å². The molecule has 1 amide bonds. The van der Waals surface area contributed by atoms with Crippen molar-refractivity contribution in [1.29, 1.82) is 5.26 Å². The Morgan fingerprint density at radius 1 is 1.30 bits per heavy atom. The van der Waals surface area contributed by atoms with Crippen molar-refractivity contribution in [3.05, 3.63) is 29.3 Å². The highest BCUT2D eigenvalue weighted by Crippen LogP contribution is 2.32. The van der Waals surface area contributed by atoms with Gasteiger partial charge in [-0.2, -0.15) is 5.26 Å². The lowest BCUT2D eigenvalue weighted by atomic mass is 9.81. The summed E-state index contributed by atoms with van der Waals surface area (Å²) in [4.78, 5) is 18.5. The number of nitriles is 1. The molecular weight excluding hydrogens is 360 g/mol. The Morgan fingerprint density at radius 2 is 1.96 bits per heavy atom. The minimum Gasteiger partial charge on any atom is -0.360 e. The molecule has 27 heavy (non-hydrogen) atoms. The van der Waals surface area contributed by atoms with Crippen LogP contribution in [0.2, 0.25) is 5.02 Å². The van der Waals surface area contributed by atoms with Gasteiger partial charge in [0, 0.05) is 17.8 Å². The number of piperazine rings is 1. The fourth-order valence-electron chi connectivity index (χ4n) is 4.49. The molecule has 3 rings (SSSR count). The molecule has 1 aromatic carbocycles. The molecule has 0 bridgehead atoms. The van der Waals surface area contributed by atoms with Gasteiger partial charge < -0.3 is 14.7 Å². The van der Waals surface area contributed by atoms with Crippen molar-refractivity contribution < 1.29 is 9.69 Å². The van der Waals surface area contributed by atoms with Gasteiger partial charge in [-0.3, -0.25) is 4.79 Å². The second kappa shape index (κ2) is 8.50. The molecule has 2 fully saturated rings. The lowest BCUT2D eigenvalue weighted by molar-refractivity contribution is -0.915. The summed E-state index contributed by atoms with van der Waals surface area (Å²) in [7, 11) is 1.83. The van der Waals surface area contributed by atoms with Crippen LogP contribution in [0.3, 0.4) is 0 Å². The Bertz CT molecular complexity index is 702. The smallest absolute Gasteiger partial charge is 0.281 e. The van der Waals surface area contributed by atoms with Gasteiger partial charge in [0.2, 0.25) is 0 Å². The van der Waals surface area contributed by atoms with Crippen molar-refractivity contribution >= 4 is 23.2 Å². The number of nitrogens with zero attached hydrogens (tertiary/aromatic N) is 3. The van der Waals surface area contributed by atoms with Crippen LogP contribution in [0.5, 0.6) is 0 Å². The van der Waals surface area contributed by atoms with Gasteiger partial charge in [-0.15, -0.1) is 0 Å². The molecule has 0 aromatic heterocycles. The van der Waals surface area contributed by atoms with Gasteiger partial charge in [0.05, 0.1) is 32.2 Å². The van der Waals surface area contributed by atoms with E-state index in [0.717, 1.165) is 69.0 Å².